The summed E-state index contributed by atoms with van der Waals surface area (Å²) in [7, 11) is 0. The highest BCUT2D eigenvalue weighted by molar-refractivity contribution is 7.26. The van der Waals surface area contributed by atoms with Crippen LogP contribution in [-0.4, -0.2) is 19.5 Å². The van der Waals surface area contributed by atoms with Gasteiger partial charge in [-0.1, -0.05) is 141 Å². The summed E-state index contributed by atoms with van der Waals surface area (Å²) in [6.45, 7) is 4.71. The molecule has 0 radical (unpaired) electrons. The Bertz CT molecular complexity index is 3020. The number of nitrogens with zero attached hydrogens (tertiary/aromatic N) is 4. The van der Waals surface area contributed by atoms with Gasteiger partial charge in [-0.2, -0.15) is 0 Å². The minimum Gasteiger partial charge on any atom is -0.308 e. The molecule has 0 aliphatic heterocycles. The number of para-hydroxylation sites is 1. The molecule has 0 spiro atoms. The molecule has 11 rings (SSSR count). The maximum Gasteiger partial charge on any atom is 0.164 e. The SMILES string of the molecule is CC1(C)c2ccccc2-c2c1ccc1c2c2ccccc2n1-c1ccc(-c2nc(-c3ccccc3)nc(-c3ccccc3)n2)c2c1sc1ccccc12. The molecule has 0 unspecified atom stereocenters. The van der Waals surface area contributed by atoms with Crippen LogP contribution in [0.4, 0.5) is 0 Å². The van der Waals surface area contributed by atoms with Gasteiger partial charge < -0.3 is 4.57 Å². The van der Waals surface area contributed by atoms with Gasteiger partial charge in [0.05, 0.1) is 21.4 Å². The van der Waals surface area contributed by atoms with E-state index < -0.39 is 0 Å². The van der Waals surface area contributed by atoms with Crippen LogP contribution in [0.2, 0.25) is 0 Å². The van der Waals surface area contributed by atoms with E-state index in [-0.39, 0.29) is 5.41 Å². The van der Waals surface area contributed by atoms with E-state index >= 15 is 0 Å². The average molecular weight is 697 g/mol. The van der Waals surface area contributed by atoms with Crippen molar-refractivity contribution < 1.29 is 0 Å². The molecule has 1 aliphatic carbocycles. The van der Waals surface area contributed by atoms with E-state index in [0.29, 0.717) is 17.5 Å². The lowest BCUT2D eigenvalue weighted by molar-refractivity contribution is 0.661. The van der Waals surface area contributed by atoms with Gasteiger partial charge in [-0.3, -0.25) is 0 Å². The fourth-order valence-electron chi connectivity index (χ4n) is 8.62. The standard InChI is InChI=1S/C48H32N4S/c1-48(2)35-22-12-9-19-31(35)42-36(48)26-28-38-43(42)32-20-10-13-23-37(32)52(38)39-27-25-34(41-33-21-11-14-24-40(33)53-44(39)41)47-50-45(29-15-5-3-6-16-29)49-46(51-47)30-17-7-4-8-18-30/h3-28H,1-2H3. The smallest absolute Gasteiger partial charge is 0.164 e. The van der Waals surface area contributed by atoms with Crippen molar-refractivity contribution in [2.24, 2.45) is 0 Å². The minimum atomic E-state index is -0.0779. The zero-order valence-corrected chi connectivity index (χ0v) is 30.0. The summed E-state index contributed by atoms with van der Waals surface area (Å²) in [4.78, 5) is 15.3. The molecule has 0 saturated heterocycles. The Hall–Kier alpha value is -6.43. The molecule has 3 heterocycles. The lowest BCUT2D eigenvalue weighted by Crippen LogP contribution is -2.14. The second-order valence-electron chi connectivity index (χ2n) is 14.4. The quantitative estimate of drug-likeness (QED) is 0.184. The van der Waals surface area contributed by atoms with Crippen LogP contribution in [0.15, 0.2) is 158 Å². The summed E-state index contributed by atoms with van der Waals surface area (Å²) in [6, 6.07) is 56.2. The largest absolute Gasteiger partial charge is 0.308 e. The number of hydrogen-bond donors (Lipinski definition) is 0. The van der Waals surface area contributed by atoms with Gasteiger partial charge >= 0.3 is 0 Å². The summed E-state index contributed by atoms with van der Waals surface area (Å²) in [6.07, 6.45) is 0. The molecule has 4 nitrogen and oxygen atoms in total. The Labute approximate surface area is 310 Å². The lowest BCUT2D eigenvalue weighted by Gasteiger charge is -2.21. The fraction of sp³-hybridized carbons (Fsp3) is 0.0625. The normalized spacial score (nSPS) is 13.2. The Balaban J connectivity index is 1.22. The topological polar surface area (TPSA) is 43.6 Å². The second-order valence-corrected chi connectivity index (χ2v) is 15.4. The predicted molar refractivity (Wildman–Crippen MR) is 221 cm³/mol. The van der Waals surface area contributed by atoms with Gasteiger partial charge in [0.25, 0.3) is 0 Å². The van der Waals surface area contributed by atoms with Gasteiger partial charge in [-0.25, -0.2) is 15.0 Å². The summed E-state index contributed by atoms with van der Waals surface area (Å²) < 4.78 is 4.92. The van der Waals surface area contributed by atoms with E-state index in [0.717, 1.165) is 27.8 Å². The van der Waals surface area contributed by atoms with Crippen molar-refractivity contribution in [2.75, 3.05) is 0 Å². The first-order chi connectivity index (χ1) is 26.1. The maximum absolute atomic E-state index is 5.18. The third-order valence-electron chi connectivity index (χ3n) is 11.1. The molecule has 0 saturated carbocycles. The molecular weight excluding hydrogens is 665 g/mol. The Morgan fingerprint density at radius 2 is 1.09 bits per heavy atom. The summed E-state index contributed by atoms with van der Waals surface area (Å²) in [5.41, 5.74) is 11.9. The molecule has 250 valence electrons. The van der Waals surface area contributed by atoms with Crippen molar-refractivity contribution in [3.63, 3.8) is 0 Å². The molecule has 53 heavy (non-hydrogen) atoms. The van der Waals surface area contributed by atoms with Crippen molar-refractivity contribution in [3.05, 3.63) is 169 Å². The Kier molecular flexibility index (Phi) is 6.43. The molecule has 0 N–H and O–H groups in total. The Morgan fingerprint density at radius 3 is 1.85 bits per heavy atom. The van der Waals surface area contributed by atoms with Crippen LogP contribution in [-0.2, 0) is 5.41 Å². The van der Waals surface area contributed by atoms with Crippen LogP contribution in [0.25, 0.3) is 93.0 Å². The number of fused-ring (bicyclic) bond motifs is 10. The molecule has 0 fully saturated rings. The van der Waals surface area contributed by atoms with Gasteiger partial charge in [0, 0.05) is 48.4 Å². The summed E-state index contributed by atoms with van der Waals surface area (Å²) >= 11 is 1.84. The summed E-state index contributed by atoms with van der Waals surface area (Å²) in [5, 5.41) is 4.94. The van der Waals surface area contributed by atoms with Crippen LogP contribution in [0.5, 0.6) is 0 Å². The number of benzene rings is 7. The Morgan fingerprint density at radius 1 is 0.472 bits per heavy atom. The number of aromatic nitrogens is 4. The van der Waals surface area contributed by atoms with E-state index in [1.165, 1.54) is 58.8 Å². The fourth-order valence-corrected chi connectivity index (χ4v) is 9.85. The molecule has 5 heteroatoms. The van der Waals surface area contributed by atoms with E-state index in [9.17, 15) is 0 Å². The highest BCUT2D eigenvalue weighted by Gasteiger charge is 2.37. The van der Waals surface area contributed by atoms with E-state index in [4.69, 9.17) is 15.0 Å². The number of hydrogen-bond acceptors (Lipinski definition) is 4. The third-order valence-corrected chi connectivity index (χ3v) is 12.3. The minimum absolute atomic E-state index is 0.0779. The van der Waals surface area contributed by atoms with Crippen LogP contribution in [0.3, 0.4) is 0 Å². The highest BCUT2D eigenvalue weighted by Crippen LogP contribution is 2.54. The molecule has 10 aromatic rings. The van der Waals surface area contributed by atoms with Gasteiger partial charge in [-0.05, 0) is 52.6 Å². The lowest BCUT2D eigenvalue weighted by atomic mass is 9.82. The average Bonchev–Trinajstić information content (AvgIpc) is 3.84. The molecular formula is C48H32N4S. The van der Waals surface area contributed by atoms with Crippen molar-refractivity contribution in [2.45, 2.75) is 19.3 Å². The first-order valence-corrected chi connectivity index (χ1v) is 18.9. The molecule has 0 amide bonds. The molecule has 0 atom stereocenters. The van der Waals surface area contributed by atoms with Gasteiger partial charge in [0.15, 0.2) is 17.5 Å². The van der Waals surface area contributed by atoms with Crippen molar-refractivity contribution >= 4 is 53.3 Å². The van der Waals surface area contributed by atoms with E-state index in [1.54, 1.807) is 0 Å². The molecule has 1 aliphatic rings. The number of rotatable bonds is 4. The van der Waals surface area contributed by atoms with Gasteiger partial charge in [0.1, 0.15) is 0 Å². The molecule has 0 bridgehead atoms. The third kappa shape index (κ3) is 4.38. The molecule has 7 aromatic carbocycles. The first kappa shape index (κ1) is 30.2. The van der Waals surface area contributed by atoms with Crippen molar-refractivity contribution in [1.82, 2.24) is 19.5 Å². The van der Waals surface area contributed by atoms with E-state index in [2.05, 4.69) is 140 Å². The summed E-state index contributed by atoms with van der Waals surface area (Å²) in [5.74, 6) is 1.98. The van der Waals surface area contributed by atoms with Gasteiger partial charge in [0.2, 0.25) is 0 Å². The first-order valence-electron chi connectivity index (χ1n) is 18.0. The van der Waals surface area contributed by atoms with Crippen molar-refractivity contribution in [1.29, 1.82) is 0 Å². The van der Waals surface area contributed by atoms with Gasteiger partial charge in [-0.15, -0.1) is 11.3 Å². The van der Waals surface area contributed by atoms with Crippen LogP contribution < -0.4 is 0 Å². The predicted octanol–water partition coefficient (Wildman–Crippen LogP) is 12.6. The zero-order chi connectivity index (χ0) is 35.3. The van der Waals surface area contributed by atoms with Crippen molar-refractivity contribution in [3.8, 4) is 51.0 Å². The van der Waals surface area contributed by atoms with Crippen LogP contribution >= 0.6 is 11.3 Å². The second kappa shape index (κ2) is 11.3. The monoisotopic (exact) mass is 696 g/mol. The highest BCUT2D eigenvalue weighted by atomic mass is 32.1. The molecule has 3 aromatic heterocycles. The van der Waals surface area contributed by atoms with Crippen LogP contribution in [0, 0.1) is 0 Å². The zero-order valence-electron chi connectivity index (χ0n) is 29.2. The van der Waals surface area contributed by atoms with Crippen LogP contribution in [0.1, 0.15) is 25.0 Å². The maximum atomic E-state index is 5.18. The number of thiophene rings is 1. The van der Waals surface area contributed by atoms with E-state index in [1.807, 2.05) is 47.7 Å².